The molecule has 0 spiro atoms. The molecule has 2 rings (SSSR count). The summed E-state index contributed by atoms with van der Waals surface area (Å²) in [5, 5.41) is 3.18. The lowest BCUT2D eigenvalue weighted by atomic mass is 9.88. The first-order valence-electron chi connectivity index (χ1n) is 10.3. The molecule has 1 amide bonds. The molecule has 2 aromatic rings. The fourth-order valence-electron chi connectivity index (χ4n) is 3.58. The van der Waals surface area contributed by atoms with Crippen molar-refractivity contribution in [1.29, 1.82) is 0 Å². The summed E-state index contributed by atoms with van der Waals surface area (Å²) in [6, 6.07) is 13.8. The van der Waals surface area contributed by atoms with Crippen LogP contribution in [0.15, 0.2) is 47.5 Å². The van der Waals surface area contributed by atoms with E-state index in [1.807, 2.05) is 38.1 Å². The second kappa shape index (κ2) is 10.2. The predicted octanol–water partition coefficient (Wildman–Crippen LogP) is 6.24. The number of para-hydroxylation sites is 2. The molecule has 0 aliphatic rings. The highest BCUT2D eigenvalue weighted by Gasteiger charge is 2.21. The number of hydrogen-bond donors (Lipinski definition) is 1. The standard InChI is InChI=1S/C25H34N2O2/c1-16(2)20-11-10-12-21(17(3)4)24(20)25(28)27-19(6)15-18(5)26-22-13-8-9-14-23(22)29-7/h8-14,16-17,19H,15H2,1-7H3,(H,27,28). The topological polar surface area (TPSA) is 50.7 Å². The van der Waals surface area contributed by atoms with Crippen molar-refractivity contribution < 1.29 is 9.53 Å². The van der Waals surface area contributed by atoms with Gasteiger partial charge >= 0.3 is 0 Å². The van der Waals surface area contributed by atoms with E-state index in [4.69, 9.17) is 4.74 Å². The van der Waals surface area contributed by atoms with Crippen LogP contribution >= 0.6 is 0 Å². The number of carbonyl (C=O) groups is 1. The number of benzene rings is 2. The molecule has 0 heterocycles. The number of rotatable bonds is 8. The van der Waals surface area contributed by atoms with Crippen LogP contribution < -0.4 is 10.1 Å². The van der Waals surface area contributed by atoms with E-state index in [1.165, 1.54) is 0 Å². The number of ether oxygens (including phenoxy) is 1. The molecule has 0 aliphatic heterocycles. The van der Waals surface area contributed by atoms with Crippen molar-refractivity contribution in [3.05, 3.63) is 59.2 Å². The van der Waals surface area contributed by atoms with Gasteiger partial charge in [0.15, 0.2) is 0 Å². The minimum atomic E-state index is -0.0267. The van der Waals surface area contributed by atoms with E-state index in [1.54, 1.807) is 7.11 Å². The van der Waals surface area contributed by atoms with E-state index in [2.05, 4.69) is 56.2 Å². The van der Waals surface area contributed by atoms with Crippen molar-refractivity contribution in [2.75, 3.05) is 7.11 Å². The highest BCUT2D eigenvalue weighted by molar-refractivity contribution is 5.98. The van der Waals surface area contributed by atoms with Gasteiger partial charge in [0.25, 0.3) is 5.91 Å². The fourth-order valence-corrected chi connectivity index (χ4v) is 3.58. The van der Waals surface area contributed by atoms with Crippen LogP contribution in [-0.2, 0) is 0 Å². The summed E-state index contributed by atoms with van der Waals surface area (Å²) in [4.78, 5) is 17.9. The van der Waals surface area contributed by atoms with Gasteiger partial charge in [0.05, 0.1) is 7.11 Å². The summed E-state index contributed by atoms with van der Waals surface area (Å²) in [5.74, 6) is 1.32. The Hall–Kier alpha value is -2.62. The average Bonchev–Trinajstić information content (AvgIpc) is 2.67. The molecule has 1 atom stereocenters. The van der Waals surface area contributed by atoms with Crippen LogP contribution in [0.2, 0.25) is 0 Å². The second-order valence-electron chi connectivity index (χ2n) is 8.22. The molecule has 0 fully saturated rings. The van der Waals surface area contributed by atoms with Gasteiger partial charge in [-0.2, -0.15) is 0 Å². The van der Waals surface area contributed by atoms with Gasteiger partial charge in [0.1, 0.15) is 11.4 Å². The Morgan fingerprint density at radius 1 is 0.966 bits per heavy atom. The van der Waals surface area contributed by atoms with Crippen LogP contribution in [0.1, 0.15) is 81.3 Å². The van der Waals surface area contributed by atoms with E-state index in [9.17, 15) is 4.79 Å². The molecule has 1 N–H and O–H groups in total. The third-order valence-corrected chi connectivity index (χ3v) is 4.98. The summed E-state index contributed by atoms with van der Waals surface area (Å²) >= 11 is 0. The van der Waals surface area contributed by atoms with Gasteiger partial charge in [-0.3, -0.25) is 9.79 Å². The van der Waals surface area contributed by atoms with Crippen molar-refractivity contribution in [3.8, 4) is 5.75 Å². The van der Waals surface area contributed by atoms with E-state index in [-0.39, 0.29) is 11.9 Å². The molecular weight excluding hydrogens is 360 g/mol. The van der Waals surface area contributed by atoms with Crippen molar-refractivity contribution in [3.63, 3.8) is 0 Å². The quantitative estimate of drug-likeness (QED) is 0.539. The summed E-state index contributed by atoms with van der Waals surface area (Å²) in [6.07, 6.45) is 0.671. The van der Waals surface area contributed by atoms with Gasteiger partial charge in [0, 0.05) is 23.7 Å². The first kappa shape index (κ1) is 22.7. The summed E-state index contributed by atoms with van der Waals surface area (Å²) in [6.45, 7) is 12.5. The molecule has 0 saturated heterocycles. The molecule has 0 aliphatic carbocycles. The van der Waals surface area contributed by atoms with Gasteiger partial charge in [-0.1, -0.05) is 58.0 Å². The first-order chi connectivity index (χ1) is 13.7. The lowest BCUT2D eigenvalue weighted by molar-refractivity contribution is 0.0938. The van der Waals surface area contributed by atoms with Gasteiger partial charge in [0.2, 0.25) is 0 Å². The van der Waals surface area contributed by atoms with Crippen molar-refractivity contribution in [2.24, 2.45) is 4.99 Å². The third-order valence-electron chi connectivity index (χ3n) is 4.98. The molecule has 156 valence electrons. The predicted molar refractivity (Wildman–Crippen MR) is 122 cm³/mol. The van der Waals surface area contributed by atoms with E-state index < -0.39 is 0 Å². The van der Waals surface area contributed by atoms with Gasteiger partial charge in [-0.05, 0) is 48.9 Å². The molecular formula is C25H34N2O2. The maximum Gasteiger partial charge on any atom is 0.252 e. The maximum atomic E-state index is 13.2. The number of carbonyl (C=O) groups excluding carboxylic acids is 1. The number of nitrogens with zero attached hydrogens (tertiary/aromatic N) is 1. The number of hydrogen-bond acceptors (Lipinski definition) is 3. The van der Waals surface area contributed by atoms with Crippen LogP contribution in [-0.4, -0.2) is 24.8 Å². The van der Waals surface area contributed by atoms with Gasteiger partial charge in [-0.15, -0.1) is 0 Å². The summed E-state index contributed by atoms with van der Waals surface area (Å²) < 4.78 is 5.37. The molecule has 0 radical (unpaired) electrons. The number of amides is 1. The Balaban J connectivity index is 2.18. The van der Waals surface area contributed by atoms with Crippen LogP contribution in [0, 0.1) is 0 Å². The van der Waals surface area contributed by atoms with Crippen LogP contribution in [0.25, 0.3) is 0 Å². The number of aliphatic imine (C=N–C) groups is 1. The van der Waals surface area contributed by atoms with E-state index in [0.717, 1.165) is 33.8 Å². The molecule has 0 bridgehead atoms. The number of nitrogens with one attached hydrogen (secondary N) is 1. The van der Waals surface area contributed by atoms with Gasteiger partial charge in [-0.25, -0.2) is 0 Å². The van der Waals surface area contributed by atoms with Crippen LogP contribution in [0.5, 0.6) is 5.75 Å². The van der Waals surface area contributed by atoms with E-state index in [0.29, 0.717) is 18.3 Å². The van der Waals surface area contributed by atoms with Crippen LogP contribution in [0.3, 0.4) is 0 Å². The largest absolute Gasteiger partial charge is 0.494 e. The molecule has 2 aromatic carbocycles. The SMILES string of the molecule is COc1ccccc1N=C(C)CC(C)NC(=O)c1c(C(C)C)cccc1C(C)C. The van der Waals surface area contributed by atoms with E-state index >= 15 is 0 Å². The first-order valence-corrected chi connectivity index (χ1v) is 10.3. The lowest BCUT2D eigenvalue weighted by Gasteiger charge is -2.21. The zero-order chi connectivity index (χ0) is 21.6. The second-order valence-corrected chi connectivity index (χ2v) is 8.22. The Morgan fingerprint density at radius 2 is 1.55 bits per heavy atom. The van der Waals surface area contributed by atoms with Crippen molar-refractivity contribution >= 4 is 17.3 Å². The zero-order valence-electron chi connectivity index (χ0n) is 18.7. The highest BCUT2D eigenvalue weighted by atomic mass is 16.5. The molecule has 0 saturated carbocycles. The Labute approximate surface area is 175 Å². The highest BCUT2D eigenvalue weighted by Crippen LogP contribution is 2.28. The van der Waals surface area contributed by atoms with Crippen molar-refractivity contribution in [2.45, 2.75) is 65.8 Å². The minimum absolute atomic E-state index is 0.00408. The third kappa shape index (κ3) is 5.93. The summed E-state index contributed by atoms with van der Waals surface area (Å²) in [7, 11) is 1.64. The fraction of sp³-hybridized carbons (Fsp3) is 0.440. The normalized spacial score (nSPS) is 12.9. The Morgan fingerprint density at radius 3 is 2.10 bits per heavy atom. The molecule has 4 nitrogen and oxygen atoms in total. The zero-order valence-corrected chi connectivity index (χ0v) is 18.7. The molecule has 0 aromatic heterocycles. The number of methoxy groups -OCH3 is 1. The van der Waals surface area contributed by atoms with Crippen molar-refractivity contribution in [1.82, 2.24) is 5.32 Å². The average molecular weight is 395 g/mol. The molecule has 1 unspecified atom stereocenters. The van der Waals surface area contributed by atoms with Gasteiger partial charge < -0.3 is 10.1 Å². The maximum absolute atomic E-state index is 13.2. The smallest absolute Gasteiger partial charge is 0.252 e. The summed E-state index contributed by atoms with van der Waals surface area (Å²) in [5.41, 5.74) is 4.77. The Kier molecular flexibility index (Phi) is 8.00. The van der Waals surface area contributed by atoms with Crippen LogP contribution in [0.4, 0.5) is 5.69 Å². The monoisotopic (exact) mass is 394 g/mol. The lowest BCUT2D eigenvalue weighted by Crippen LogP contribution is -2.35. The minimum Gasteiger partial charge on any atom is -0.494 e. The molecule has 29 heavy (non-hydrogen) atoms. The Bertz CT molecular complexity index is 843. The molecule has 4 heteroatoms.